The third-order valence-electron chi connectivity index (χ3n) is 19.6. The number of halogens is 1. The zero-order chi connectivity index (χ0) is 81.1. The molecule has 1 amide bonds. The normalized spacial score (nSPS) is 15.3. The van der Waals surface area contributed by atoms with E-state index in [2.05, 4.69) is 145 Å². The fourth-order valence-corrected chi connectivity index (χ4v) is 18.4. The number of rotatable bonds is 21. The highest BCUT2D eigenvalue weighted by atomic mass is 79.9. The fraction of sp³-hybridized carbons (Fsp3) is 0.356. The van der Waals surface area contributed by atoms with E-state index in [9.17, 15) is 24.0 Å². The third kappa shape index (κ3) is 25.7. The highest BCUT2D eigenvalue weighted by Gasteiger charge is 2.42. The number of fused-ring (bicyclic) bond motifs is 9. The minimum Gasteiger partial charge on any atom is -0.481 e. The number of benzene rings is 5. The molecule has 4 fully saturated rings. The molecular weight excluding hydrogens is 1610 g/mol. The van der Waals surface area contributed by atoms with Gasteiger partial charge in [0.05, 0.1) is 124 Å². The van der Waals surface area contributed by atoms with E-state index >= 15 is 0 Å². The number of aryl methyl sites for hydroxylation is 3. The van der Waals surface area contributed by atoms with Crippen LogP contribution in [0.3, 0.4) is 0 Å². The van der Waals surface area contributed by atoms with Crippen molar-refractivity contribution in [3.05, 3.63) is 193 Å². The van der Waals surface area contributed by atoms with Crippen LogP contribution in [0.2, 0.25) is 0 Å². The summed E-state index contributed by atoms with van der Waals surface area (Å²) in [6.45, 7) is 3.66. The number of nitrogens with zero attached hydrogens (tertiary/aromatic N) is 12. The van der Waals surface area contributed by atoms with Crippen molar-refractivity contribution in [1.29, 1.82) is 10.5 Å². The van der Waals surface area contributed by atoms with Gasteiger partial charge in [-0.3, -0.25) is 24.0 Å². The third-order valence-corrected chi connectivity index (χ3v) is 25.0. The number of thiazole rings is 5. The maximum absolute atomic E-state index is 12.9. The number of carbonyl (C=O) groups excluding carboxylic acids is 4. The van der Waals surface area contributed by atoms with Crippen LogP contribution in [0.15, 0.2) is 160 Å². The molecule has 594 valence electrons. The summed E-state index contributed by atoms with van der Waals surface area (Å²) < 4.78 is 20.7. The second-order valence-corrected chi connectivity index (χ2v) is 32.3. The maximum atomic E-state index is 12.9. The number of anilines is 2. The van der Waals surface area contributed by atoms with E-state index < -0.39 is 5.97 Å². The predicted molar refractivity (Wildman–Crippen MR) is 462 cm³/mol. The molecule has 0 radical (unpaired) electrons. The van der Waals surface area contributed by atoms with Crippen LogP contribution < -0.4 is 15.1 Å². The largest absolute Gasteiger partial charge is 0.481 e. The van der Waals surface area contributed by atoms with Crippen molar-refractivity contribution < 1.29 is 43.3 Å². The van der Waals surface area contributed by atoms with Crippen molar-refractivity contribution in [3.63, 3.8) is 0 Å². The number of terminal acetylenes is 1. The van der Waals surface area contributed by atoms with Crippen molar-refractivity contribution in [3.8, 4) is 36.3 Å². The Morgan fingerprint density at radius 2 is 0.887 bits per heavy atom. The Bertz CT molecular complexity index is 5340. The Labute approximate surface area is 698 Å². The van der Waals surface area contributed by atoms with Gasteiger partial charge in [0.15, 0.2) is 0 Å². The van der Waals surface area contributed by atoms with E-state index in [4.69, 9.17) is 22.1 Å². The molecule has 28 heteroatoms. The number of methoxy groups -OCH3 is 3. The maximum Gasteiger partial charge on any atom is 0.306 e. The molecule has 115 heavy (non-hydrogen) atoms. The van der Waals surface area contributed by atoms with Crippen LogP contribution in [0.25, 0.3) is 51.1 Å². The Hall–Kier alpha value is -10.7. The number of nitriles is 2. The number of ether oxygens (including phenoxy) is 3. The van der Waals surface area contributed by atoms with Gasteiger partial charge in [-0.1, -0.05) is 60.4 Å². The Morgan fingerprint density at radius 1 is 0.487 bits per heavy atom. The van der Waals surface area contributed by atoms with Crippen LogP contribution in [0.1, 0.15) is 143 Å². The highest BCUT2D eigenvalue weighted by Crippen LogP contribution is 2.36. The number of carboxylic acid groups (broad SMARTS) is 1. The summed E-state index contributed by atoms with van der Waals surface area (Å²) in [5.41, 5.74) is 20.7. The molecule has 4 bridgehead atoms. The second kappa shape index (κ2) is 46.0. The average molecular weight is 1700 g/mol. The topological polar surface area (TPSA) is 293 Å². The van der Waals surface area contributed by atoms with Gasteiger partial charge in [-0.05, 0) is 183 Å². The molecule has 4 saturated heterocycles. The van der Waals surface area contributed by atoms with Crippen molar-refractivity contribution in [2.24, 2.45) is 0 Å². The van der Waals surface area contributed by atoms with Crippen LogP contribution in [-0.2, 0) is 57.4 Å². The molecule has 0 spiro atoms. The van der Waals surface area contributed by atoms with Gasteiger partial charge < -0.3 is 39.3 Å². The number of hydrogen-bond donors (Lipinski definition) is 2. The molecule has 0 saturated carbocycles. The number of aliphatic carboxylic acids is 1. The summed E-state index contributed by atoms with van der Waals surface area (Å²) in [5, 5.41) is 29.7. The first kappa shape index (κ1) is 86.7. The lowest BCUT2D eigenvalue weighted by Gasteiger charge is -2.41. The molecule has 16 rings (SSSR count). The summed E-state index contributed by atoms with van der Waals surface area (Å²) in [5.74, 6) is 9.29. The Balaban J connectivity index is 0.000000147. The van der Waals surface area contributed by atoms with E-state index in [0.717, 1.165) is 151 Å². The van der Waals surface area contributed by atoms with Crippen molar-refractivity contribution in [2.75, 3.05) is 57.3 Å². The highest BCUT2D eigenvalue weighted by molar-refractivity contribution is 9.10. The summed E-state index contributed by atoms with van der Waals surface area (Å²) in [6, 6.07) is 44.1. The Morgan fingerprint density at radius 3 is 1.33 bits per heavy atom. The number of nitrogens with one attached hydrogen (secondary N) is 1. The molecule has 11 heterocycles. The SMILES string of the molecule is Brc1cccc2ncsc12.C#CCCC(=O)OC.COC(=O)CCC#Cc1cccc2ncsc12.COC(=O)CCCCc1cccc2ncsc12.N#Cc1ccc(N2C3CCC2CN(C(=O)CCCCc2cccc4ncsc24)C3)nc1.N#Cc1ccc(N2C3CCC2CNC3)nc1.O=C(O)CCCCc1cccc2ncsc12. The first-order chi connectivity index (χ1) is 56.2. The number of amides is 1. The monoisotopic (exact) mass is 1700 g/mol. The lowest BCUT2D eigenvalue weighted by atomic mass is 10.1. The average Bonchev–Trinajstić information content (AvgIpc) is 1.66. The van der Waals surface area contributed by atoms with Crippen LogP contribution in [0.5, 0.6) is 0 Å². The summed E-state index contributed by atoms with van der Waals surface area (Å²) in [4.78, 5) is 92.4. The van der Waals surface area contributed by atoms with Crippen LogP contribution >= 0.6 is 72.6 Å². The zero-order valence-electron chi connectivity index (χ0n) is 64.4. The fourth-order valence-electron chi connectivity index (χ4n) is 13.8. The lowest BCUT2D eigenvalue weighted by molar-refractivity contribution is -0.141. The van der Waals surface area contributed by atoms with Gasteiger partial charge in [0.1, 0.15) is 23.8 Å². The predicted octanol–water partition coefficient (Wildman–Crippen LogP) is 17.6. The first-order valence-electron chi connectivity index (χ1n) is 38.0. The molecule has 4 atom stereocenters. The van der Waals surface area contributed by atoms with E-state index in [-0.39, 0.29) is 30.2 Å². The molecule has 5 aromatic carbocycles. The first-order valence-corrected chi connectivity index (χ1v) is 43.2. The van der Waals surface area contributed by atoms with Gasteiger partial charge in [0.25, 0.3) is 0 Å². The van der Waals surface area contributed by atoms with Crippen molar-refractivity contribution in [2.45, 2.75) is 153 Å². The number of likely N-dealkylation sites (tertiary alicyclic amines) is 1. The number of esters is 3. The summed E-state index contributed by atoms with van der Waals surface area (Å²) >= 11 is 11.7. The van der Waals surface area contributed by atoms with E-state index in [1.165, 1.54) is 69.7 Å². The molecule has 0 aliphatic carbocycles. The quantitative estimate of drug-likeness (QED) is 0.0292. The van der Waals surface area contributed by atoms with Crippen molar-refractivity contribution in [1.82, 2.24) is 45.1 Å². The molecule has 4 aliphatic heterocycles. The van der Waals surface area contributed by atoms with E-state index in [1.807, 2.05) is 112 Å². The van der Waals surface area contributed by atoms with Crippen LogP contribution in [-0.4, -0.2) is 146 Å². The molecule has 2 N–H and O–H groups in total. The van der Waals surface area contributed by atoms with Gasteiger partial charge >= 0.3 is 23.9 Å². The molecule has 7 aromatic heterocycles. The number of aromatic nitrogens is 7. The molecular formula is C87H90BrN13O9S5. The zero-order valence-corrected chi connectivity index (χ0v) is 70.0. The van der Waals surface area contributed by atoms with Gasteiger partial charge in [0, 0.05) is 105 Å². The Kier molecular flexibility index (Phi) is 34.7. The number of unbranched alkanes of at least 4 members (excludes halogenated alkanes) is 3. The number of carbonyl (C=O) groups is 5. The minimum absolute atomic E-state index is 0.124. The number of hydrogen-bond acceptors (Lipinski definition) is 25. The van der Waals surface area contributed by atoms with Crippen LogP contribution in [0, 0.1) is 46.8 Å². The minimum atomic E-state index is -0.712. The molecule has 22 nitrogen and oxygen atoms in total. The number of piperazine rings is 2. The lowest BCUT2D eigenvalue weighted by Crippen LogP contribution is -2.55. The van der Waals surface area contributed by atoms with Crippen molar-refractivity contribution >= 4 is 165 Å². The van der Waals surface area contributed by atoms with Gasteiger partial charge in [-0.2, -0.15) is 10.5 Å². The number of pyridine rings is 2. The standard InChI is InChI=1S/C24H25N5OS.C13H15NO2S.C13H11NO2S.C12H14N4.C12H13NO2S.C7H4BrNS.C6H8O2/c25-12-17-8-11-22(26-13-17)29-19-9-10-20(29)15-28(14-19)23(30)7-2-1-4-18-5-3-6-21-24(18)31-16-27-21;2*1-16-12(15)8-3-2-5-10-6-4-7-11-13(10)17-9-14-11;13-5-9-1-4-12(15-6-9)16-10-2-3-11(16)8-14-7-10;14-11(15)7-2-1-4-9-5-3-6-10-12(9)16-8-13-10;8-5-2-1-3-6-7(5)10-4-9-6;1-3-4-5-6(7)8-2/h3,5-6,8,11,13,16,19-20H,1-2,4,7,9-10,14-15H2;4,6-7,9H,2-3,5,8H2,1H3;4,6-7,9H,3,8H2,1H3;1,4,6,10-11,14H,2-3,7-8H2;3,5-6,8H,1-2,4,7H2,(H,14,15);1-4H;1H,4-5H2,2H3. The van der Waals surface area contributed by atoms with Gasteiger partial charge in [0.2, 0.25) is 5.91 Å². The van der Waals surface area contributed by atoms with E-state index in [1.54, 1.807) is 69.1 Å². The summed E-state index contributed by atoms with van der Waals surface area (Å²) in [6.07, 6.45) is 24.3. The molecule has 12 aromatic rings. The second-order valence-electron chi connectivity index (χ2n) is 27.1. The summed E-state index contributed by atoms with van der Waals surface area (Å²) in [7, 11) is 4.16. The molecule has 4 aliphatic rings. The molecule has 4 unspecified atom stereocenters. The smallest absolute Gasteiger partial charge is 0.306 e. The van der Waals surface area contributed by atoms with Gasteiger partial charge in [-0.15, -0.1) is 69.0 Å². The van der Waals surface area contributed by atoms with Gasteiger partial charge in [-0.25, -0.2) is 34.9 Å². The van der Waals surface area contributed by atoms with E-state index in [0.29, 0.717) is 73.8 Å². The number of carboxylic acids is 1. The van der Waals surface area contributed by atoms with Crippen LogP contribution in [0.4, 0.5) is 11.6 Å².